The van der Waals surface area contributed by atoms with Gasteiger partial charge in [0.05, 0.1) is 0 Å². The molecule has 0 bridgehead atoms. The fraction of sp³-hybridized carbons (Fsp3) is 0.667. The lowest BCUT2D eigenvalue weighted by atomic mass is 10.1. The predicted molar refractivity (Wildman–Crippen MR) is 74.8 cm³/mol. The summed E-state index contributed by atoms with van der Waals surface area (Å²) >= 11 is 6.04. The van der Waals surface area contributed by atoms with E-state index < -0.39 is 0 Å². The van der Waals surface area contributed by atoms with Crippen molar-refractivity contribution in [2.75, 3.05) is 30.7 Å². The molecule has 1 aromatic rings. The number of nitrogens with zero attached hydrogens (tertiary/aromatic N) is 3. The van der Waals surface area contributed by atoms with Crippen LogP contribution in [0.4, 0.5) is 11.6 Å². The average Bonchev–Trinajstić information content (AvgIpc) is 2.41. The number of rotatable bonds is 4. The number of anilines is 2. The minimum absolute atomic E-state index is 0.319. The van der Waals surface area contributed by atoms with Crippen LogP contribution in [-0.2, 0) is 0 Å². The van der Waals surface area contributed by atoms with Crippen molar-refractivity contribution >= 4 is 23.2 Å². The lowest BCUT2D eigenvalue weighted by molar-refractivity contribution is 0.180. The molecule has 0 aromatic carbocycles. The van der Waals surface area contributed by atoms with Crippen LogP contribution in [0.1, 0.15) is 26.2 Å². The second kappa shape index (κ2) is 6.20. The second-order valence-electron chi connectivity index (χ2n) is 4.75. The maximum atomic E-state index is 6.04. The zero-order chi connectivity index (χ0) is 13.0. The number of likely N-dealkylation sites (tertiary alicyclic amines) is 1. The molecule has 1 unspecified atom stereocenters. The summed E-state index contributed by atoms with van der Waals surface area (Å²) in [6.07, 6.45) is 5.37. The van der Waals surface area contributed by atoms with E-state index in [1.54, 1.807) is 0 Å². The molecule has 1 aliphatic heterocycles. The van der Waals surface area contributed by atoms with Crippen LogP contribution in [0.15, 0.2) is 6.33 Å². The van der Waals surface area contributed by atoms with Crippen molar-refractivity contribution in [3.8, 4) is 0 Å². The third-order valence-corrected chi connectivity index (χ3v) is 3.77. The van der Waals surface area contributed by atoms with Gasteiger partial charge in [-0.05, 0) is 32.9 Å². The van der Waals surface area contributed by atoms with Crippen molar-refractivity contribution < 1.29 is 0 Å². The average molecular weight is 270 g/mol. The Hall–Kier alpha value is -1.07. The summed E-state index contributed by atoms with van der Waals surface area (Å²) in [5, 5.41) is 3.65. The van der Waals surface area contributed by atoms with Gasteiger partial charge in [-0.2, -0.15) is 0 Å². The van der Waals surface area contributed by atoms with Crippen molar-refractivity contribution in [1.29, 1.82) is 0 Å². The van der Waals surface area contributed by atoms with E-state index in [1.165, 1.54) is 38.7 Å². The van der Waals surface area contributed by atoms with E-state index in [0.29, 0.717) is 22.7 Å². The van der Waals surface area contributed by atoms with E-state index in [4.69, 9.17) is 17.3 Å². The summed E-state index contributed by atoms with van der Waals surface area (Å²) < 4.78 is 0. The summed E-state index contributed by atoms with van der Waals surface area (Å²) in [5.74, 6) is 0.938. The molecule has 0 aliphatic carbocycles. The number of nitrogens with one attached hydrogen (secondary N) is 1. The molecule has 1 saturated heterocycles. The molecular weight excluding hydrogens is 250 g/mol. The first-order valence-electron chi connectivity index (χ1n) is 6.42. The number of halogens is 1. The first-order chi connectivity index (χ1) is 8.68. The summed E-state index contributed by atoms with van der Waals surface area (Å²) in [5.41, 5.74) is 5.64. The number of piperidine rings is 1. The molecule has 3 N–H and O–H groups in total. The zero-order valence-electron chi connectivity index (χ0n) is 10.7. The highest BCUT2D eigenvalue weighted by Gasteiger charge is 2.17. The monoisotopic (exact) mass is 269 g/mol. The Morgan fingerprint density at radius 2 is 2.11 bits per heavy atom. The number of nitrogens with two attached hydrogens (primary N) is 1. The van der Waals surface area contributed by atoms with Gasteiger partial charge in [0.2, 0.25) is 0 Å². The Bertz CT molecular complexity index is 392. The van der Waals surface area contributed by atoms with Gasteiger partial charge in [-0.1, -0.05) is 18.0 Å². The highest BCUT2D eigenvalue weighted by Crippen LogP contribution is 2.23. The van der Waals surface area contributed by atoms with Gasteiger partial charge in [-0.25, -0.2) is 9.97 Å². The number of hydrogen-bond acceptors (Lipinski definition) is 5. The molecule has 1 atom stereocenters. The first kappa shape index (κ1) is 13.4. The number of aromatic nitrogens is 2. The molecule has 100 valence electrons. The summed E-state index contributed by atoms with van der Waals surface area (Å²) in [6, 6.07) is 0.470. The minimum Gasteiger partial charge on any atom is -0.382 e. The van der Waals surface area contributed by atoms with E-state index in [2.05, 4.69) is 27.1 Å². The molecule has 0 radical (unpaired) electrons. The minimum atomic E-state index is 0.319. The maximum absolute atomic E-state index is 6.04. The van der Waals surface area contributed by atoms with E-state index in [0.717, 1.165) is 6.54 Å². The van der Waals surface area contributed by atoms with Gasteiger partial charge in [0.15, 0.2) is 5.82 Å². The quantitative estimate of drug-likeness (QED) is 0.875. The van der Waals surface area contributed by atoms with Gasteiger partial charge in [0.1, 0.15) is 17.2 Å². The van der Waals surface area contributed by atoms with Crippen molar-refractivity contribution in [3.63, 3.8) is 0 Å². The smallest absolute Gasteiger partial charge is 0.150 e. The maximum Gasteiger partial charge on any atom is 0.150 e. The van der Waals surface area contributed by atoms with E-state index in [9.17, 15) is 0 Å². The Labute approximate surface area is 113 Å². The van der Waals surface area contributed by atoms with Gasteiger partial charge >= 0.3 is 0 Å². The number of hydrogen-bond donors (Lipinski definition) is 2. The molecule has 1 aliphatic rings. The summed E-state index contributed by atoms with van der Waals surface area (Å²) in [7, 11) is 0. The van der Waals surface area contributed by atoms with Crippen molar-refractivity contribution in [1.82, 2.24) is 14.9 Å². The molecule has 0 amide bonds. The van der Waals surface area contributed by atoms with Gasteiger partial charge in [-0.3, -0.25) is 4.90 Å². The van der Waals surface area contributed by atoms with Crippen molar-refractivity contribution in [2.24, 2.45) is 0 Å². The summed E-state index contributed by atoms with van der Waals surface area (Å²) in [4.78, 5) is 10.4. The fourth-order valence-electron chi connectivity index (χ4n) is 2.24. The molecular formula is C12H20ClN5. The number of nitrogen functional groups attached to an aromatic ring is 1. The van der Waals surface area contributed by atoms with E-state index in [-0.39, 0.29) is 0 Å². The standard InChI is InChI=1S/C12H20ClN5/c1-9(18-5-3-2-4-6-18)7-15-12-10(13)11(14)16-8-17-12/h8-9H,2-7H2,1H3,(H3,14,15,16,17). The highest BCUT2D eigenvalue weighted by molar-refractivity contribution is 6.35. The summed E-state index contributed by atoms with van der Waals surface area (Å²) in [6.45, 7) is 5.40. The Morgan fingerprint density at radius 3 is 2.83 bits per heavy atom. The van der Waals surface area contributed by atoms with Gasteiger partial charge in [0.25, 0.3) is 0 Å². The van der Waals surface area contributed by atoms with Gasteiger partial charge in [-0.15, -0.1) is 0 Å². The topological polar surface area (TPSA) is 67.1 Å². The van der Waals surface area contributed by atoms with Crippen molar-refractivity contribution in [2.45, 2.75) is 32.2 Å². The van der Waals surface area contributed by atoms with E-state index >= 15 is 0 Å². The van der Waals surface area contributed by atoms with Crippen LogP contribution in [0.2, 0.25) is 5.02 Å². The van der Waals surface area contributed by atoms with Crippen LogP contribution >= 0.6 is 11.6 Å². The van der Waals surface area contributed by atoms with Crippen LogP contribution < -0.4 is 11.1 Å². The third-order valence-electron chi connectivity index (χ3n) is 3.40. The molecule has 0 spiro atoms. The predicted octanol–water partition coefficient (Wildman–Crippen LogP) is 2.00. The normalized spacial score (nSPS) is 18.6. The van der Waals surface area contributed by atoms with E-state index in [1.807, 2.05) is 0 Å². The van der Waals surface area contributed by atoms with Crippen LogP contribution in [0, 0.1) is 0 Å². The molecule has 6 heteroatoms. The lowest BCUT2D eigenvalue weighted by Crippen LogP contribution is -2.41. The van der Waals surface area contributed by atoms with Gasteiger partial charge < -0.3 is 11.1 Å². The largest absolute Gasteiger partial charge is 0.382 e. The van der Waals surface area contributed by atoms with Crippen LogP contribution in [0.25, 0.3) is 0 Å². The van der Waals surface area contributed by atoms with Crippen LogP contribution in [0.3, 0.4) is 0 Å². The molecule has 1 fully saturated rings. The fourth-order valence-corrected chi connectivity index (χ4v) is 2.40. The zero-order valence-corrected chi connectivity index (χ0v) is 11.5. The molecule has 1 aromatic heterocycles. The molecule has 2 rings (SSSR count). The molecule has 2 heterocycles. The van der Waals surface area contributed by atoms with Crippen molar-refractivity contribution in [3.05, 3.63) is 11.3 Å². The second-order valence-corrected chi connectivity index (χ2v) is 5.13. The Kier molecular flexibility index (Phi) is 4.60. The van der Waals surface area contributed by atoms with Crippen LogP contribution in [-0.4, -0.2) is 40.5 Å². The van der Waals surface area contributed by atoms with Gasteiger partial charge in [0, 0.05) is 12.6 Å². The lowest BCUT2D eigenvalue weighted by Gasteiger charge is -2.32. The SMILES string of the molecule is CC(CNc1ncnc(N)c1Cl)N1CCCCC1. The molecule has 0 saturated carbocycles. The Balaban J connectivity index is 1.88. The Morgan fingerprint density at radius 1 is 1.39 bits per heavy atom. The van der Waals surface area contributed by atoms with Crippen LogP contribution in [0.5, 0.6) is 0 Å². The first-order valence-corrected chi connectivity index (χ1v) is 6.80. The molecule has 5 nitrogen and oxygen atoms in total. The highest BCUT2D eigenvalue weighted by atomic mass is 35.5. The molecule has 18 heavy (non-hydrogen) atoms. The third kappa shape index (κ3) is 3.23.